The van der Waals surface area contributed by atoms with E-state index in [0.717, 1.165) is 49.7 Å². The van der Waals surface area contributed by atoms with Crippen molar-refractivity contribution in [1.29, 1.82) is 0 Å². The average Bonchev–Trinajstić information content (AvgIpc) is 3.08. The molecule has 1 aliphatic rings. The van der Waals surface area contributed by atoms with Gasteiger partial charge in [-0.1, -0.05) is 6.92 Å². The van der Waals surface area contributed by atoms with Crippen molar-refractivity contribution in [2.75, 3.05) is 41.0 Å². The molecule has 1 aliphatic heterocycles. The molecular weight excluding hydrogens is 280 g/mol. The Bertz CT molecular complexity index is 473. The van der Waals surface area contributed by atoms with Crippen LogP contribution in [0.25, 0.3) is 0 Å². The van der Waals surface area contributed by atoms with E-state index in [1.54, 1.807) is 21.3 Å². The molecule has 0 aromatic heterocycles. The van der Waals surface area contributed by atoms with Gasteiger partial charge in [0.15, 0.2) is 11.5 Å². The van der Waals surface area contributed by atoms with Crippen molar-refractivity contribution >= 4 is 0 Å². The Morgan fingerprint density at radius 2 is 1.77 bits per heavy atom. The summed E-state index contributed by atoms with van der Waals surface area (Å²) in [5, 5.41) is 3.45. The molecule has 1 aromatic carbocycles. The fraction of sp³-hybridized carbons (Fsp3) is 0.647. The zero-order valence-corrected chi connectivity index (χ0v) is 14.1. The zero-order valence-electron chi connectivity index (χ0n) is 14.1. The zero-order chi connectivity index (χ0) is 15.9. The van der Waals surface area contributed by atoms with Gasteiger partial charge in [0.05, 0.1) is 21.3 Å². The third kappa shape index (κ3) is 3.84. The van der Waals surface area contributed by atoms with Crippen LogP contribution in [0.1, 0.15) is 25.3 Å². The van der Waals surface area contributed by atoms with Crippen molar-refractivity contribution in [2.45, 2.75) is 32.4 Å². The predicted octanol–water partition coefficient (Wildman–Crippen LogP) is 2.29. The molecule has 1 heterocycles. The lowest BCUT2D eigenvalue weighted by Gasteiger charge is -2.29. The number of rotatable bonds is 8. The highest BCUT2D eigenvalue weighted by Gasteiger charge is 2.23. The topological polar surface area (TPSA) is 43.0 Å². The highest BCUT2D eigenvalue weighted by atomic mass is 16.5. The lowest BCUT2D eigenvalue weighted by Crippen LogP contribution is -2.37. The summed E-state index contributed by atoms with van der Waals surface area (Å²) in [6, 6.07) is 4.53. The fourth-order valence-corrected chi connectivity index (χ4v) is 3.06. The van der Waals surface area contributed by atoms with Gasteiger partial charge in [0, 0.05) is 30.8 Å². The predicted molar refractivity (Wildman–Crippen MR) is 88.1 cm³/mol. The molecule has 2 rings (SSSR count). The monoisotopic (exact) mass is 308 g/mol. The molecule has 0 aliphatic carbocycles. The maximum absolute atomic E-state index is 5.55. The van der Waals surface area contributed by atoms with Crippen molar-refractivity contribution in [3.8, 4) is 17.2 Å². The van der Waals surface area contributed by atoms with E-state index in [1.807, 2.05) is 12.1 Å². The first-order chi connectivity index (χ1) is 10.7. The van der Waals surface area contributed by atoms with Crippen molar-refractivity contribution < 1.29 is 14.2 Å². The Morgan fingerprint density at radius 3 is 2.32 bits per heavy atom. The van der Waals surface area contributed by atoms with Crippen LogP contribution in [0.2, 0.25) is 0 Å². The van der Waals surface area contributed by atoms with Gasteiger partial charge in [-0.15, -0.1) is 0 Å². The first kappa shape index (κ1) is 16.9. The minimum Gasteiger partial charge on any atom is -0.496 e. The standard InChI is InChI=1S/C17H28N2O3/c1-5-8-19(14-6-7-18-11-14)12-13-9-16(21-3)17(22-4)10-15(13)20-2/h9-10,14,18H,5-8,11-12H2,1-4H3. The quantitative estimate of drug-likeness (QED) is 0.798. The van der Waals surface area contributed by atoms with E-state index in [2.05, 4.69) is 17.1 Å². The molecule has 0 amide bonds. The number of benzene rings is 1. The number of hydrogen-bond acceptors (Lipinski definition) is 5. The molecule has 5 heteroatoms. The SMILES string of the molecule is CCCN(Cc1cc(OC)c(OC)cc1OC)C1CCNC1. The number of nitrogens with zero attached hydrogens (tertiary/aromatic N) is 1. The minimum atomic E-state index is 0.595. The van der Waals surface area contributed by atoms with E-state index in [-0.39, 0.29) is 0 Å². The summed E-state index contributed by atoms with van der Waals surface area (Å²) in [4.78, 5) is 2.53. The van der Waals surface area contributed by atoms with Crippen LogP contribution in [0.15, 0.2) is 12.1 Å². The number of ether oxygens (including phenoxy) is 3. The van der Waals surface area contributed by atoms with Crippen molar-refractivity contribution in [3.05, 3.63) is 17.7 Å². The van der Waals surface area contributed by atoms with Crippen LogP contribution in [-0.2, 0) is 6.54 Å². The largest absolute Gasteiger partial charge is 0.496 e. The van der Waals surface area contributed by atoms with Crippen molar-refractivity contribution in [3.63, 3.8) is 0 Å². The molecule has 1 atom stereocenters. The van der Waals surface area contributed by atoms with Crippen LogP contribution in [-0.4, -0.2) is 51.9 Å². The van der Waals surface area contributed by atoms with Gasteiger partial charge in [0.25, 0.3) is 0 Å². The van der Waals surface area contributed by atoms with Gasteiger partial charge in [0.1, 0.15) is 5.75 Å². The van der Waals surface area contributed by atoms with E-state index in [9.17, 15) is 0 Å². The molecule has 5 nitrogen and oxygen atoms in total. The average molecular weight is 308 g/mol. The second kappa shape index (κ2) is 8.25. The molecule has 1 aromatic rings. The Morgan fingerprint density at radius 1 is 1.09 bits per heavy atom. The molecule has 0 saturated carbocycles. The van der Waals surface area contributed by atoms with Gasteiger partial charge in [0.2, 0.25) is 0 Å². The smallest absolute Gasteiger partial charge is 0.164 e. The molecule has 1 fully saturated rings. The Kier molecular flexibility index (Phi) is 6.34. The summed E-state index contributed by atoms with van der Waals surface area (Å²) in [6.07, 6.45) is 2.35. The molecule has 1 saturated heterocycles. The molecule has 0 spiro atoms. The molecule has 0 bridgehead atoms. The van der Waals surface area contributed by atoms with E-state index in [4.69, 9.17) is 14.2 Å². The summed E-state index contributed by atoms with van der Waals surface area (Å²) in [7, 11) is 5.01. The molecule has 1 N–H and O–H groups in total. The van der Waals surface area contributed by atoms with Crippen molar-refractivity contribution in [2.24, 2.45) is 0 Å². The van der Waals surface area contributed by atoms with E-state index in [1.165, 1.54) is 6.42 Å². The van der Waals surface area contributed by atoms with Gasteiger partial charge in [-0.3, -0.25) is 4.90 Å². The van der Waals surface area contributed by atoms with Gasteiger partial charge in [-0.25, -0.2) is 0 Å². The first-order valence-electron chi connectivity index (χ1n) is 7.97. The maximum atomic E-state index is 5.55. The van der Waals surface area contributed by atoms with Crippen LogP contribution in [0.5, 0.6) is 17.2 Å². The molecular formula is C17H28N2O3. The second-order valence-corrected chi connectivity index (χ2v) is 5.64. The second-order valence-electron chi connectivity index (χ2n) is 5.64. The lowest BCUT2D eigenvalue weighted by molar-refractivity contribution is 0.196. The third-order valence-corrected chi connectivity index (χ3v) is 4.22. The normalized spacial score (nSPS) is 17.8. The number of hydrogen-bond donors (Lipinski definition) is 1. The summed E-state index contributed by atoms with van der Waals surface area (Å²) < 4.78 is 16.3. The summed E-state index contributed by atoms with van der Waals surface area (Å²) in [5.41, 5.74) is 1.14. The molecule has 124 valence electrons. The molecule has 1 unspecified atom stereocenters. The van der Waals surface area contributed by atoms with Crippen molar-refractivity contribution in [1.82, 2.24) is 10.2 Å². The summed E-state index contributed by atoms with van der Waals surface area (Å²) >= 11 is 0. The van der Waals surface area contributed by atoms with Gasteiger partial charge in [-0.05, 0) is 32.0 Å². The Hall–Kier alpha value is -1.46. The molecule has 0 radical (unpaired) electrons. The van der Waals surface area contributed by atoms with Gasteiger partial charge < -0.3 is 19.5 Å². The van der Waals surface area contributed by atoms with Crippen LogP contribution in [0.4, 0.5) is 0 Å². The van der Waals surface area contributed by atoms with Gasteiger partial charge >= 0.3 is 0 Å². The first-order valence-corrected chi connectivity index (χ1v) is 7.97. The molecule has 22 heavy (non-hydrogen) atoms. The third-order valence-electron chi connectivity index (χ3n) is 4.22. The van der Waals surface area contributed by atoms with Crippen LogP contribution in [0.3, 0.4) is 0 Å². The van der Waals surface area contributed by atoms with Gasteiger partial charge in [-0.2, -0.15) is 0 Å². The van der Waals surface area contributed by atoms with Crippen LogP contribution < -0.4 is 19.5 Å². The van der Waals surface area contributed by atoms with E-state index < -0.39 is 0 Å². The summed E-state index contributed by atoms with van der Waals surface area (Å²) in [5.74, 6) is 2.30. The lowest BCUT2D eigenvalue weighted by atomic mass is 10.1. The minimum absolute atomic E-state index is 0.595. The highest BCUT2D eigenvalue weighted by molar-refractivity contribution is 5.50. The number of nitrogens with one attached hydrogen (secondary N) is 1. The van der Waals surface area contributed by atoms with E-state index in [0.29, 0.717) is 11.8 Å². The highest BCUT2D eigenvalue weighted by Crippen LogP contribution is 2.35. The fourth-order valence-electron chi connectivity index (χ4n) is 3.06. The summed E-state index contributed by atoms with van der Waals surface area (Å²) in [6.45, 7) is 6.35. The Labute approximate surface area is 133 Å². The Balaban J connectivity index is 2.24. The maximum Gasteiger partial charge on any atom is 0.164 e. The van der Waals surface area contributed by atoms with E-state index >= 15 is 0 Å². The van der Waals surface area contributed by atoms with Crippen LogP contribution in [0, 0.1) is 0 Å². The number of methoxy groups -OCH3 is 3. The van der Waals surface area contributed by atoms with Crippen LogP contribution >= 0.6 is 0 Å².